The number of nitrogens with one attached hydrogen (secondary N) is 1. The minimum Gasteiger partial charge on any atom is -0.420 e. The fourth-order valence-electron chi connectivity index (χ4n) is 4.04. The summed E-state index contributed by atoms with van der Waals surface area (Å²) >= 11 is 0. The smallest absolute Gasteiger partial charge is 0.266 e. The molecule has 0 aliphatic carbocycles. The minimum atomic E-state index is -0.0265. The Balaban J connectivity index is 1.21. The number of hydrogen-bond donors (Lipinski definition) is 1. The molecule has 4 aromatic heterocycles. The molecule has 1 fully saturated rings. The molecule has 0 bridgehead atoms. The summed E-state index contributed by atoms with van der Waals surface area (Å²) in [5, 5.41) is 7.87. The second-order valence-corrected chi connectivity index (χ2v) is 8.04. The van der Waals surface area contributed by atoms with Gasteiger partial charge < -0.3 is 14.3 Å². The van der Waals surface area contributed by atoms with Crippen LogP contribution in [-0.4, -0.2) is 56.2 Å². The predicted octanol–water partition coefficient (Wildman–Crippen LogP) is 2.56. The van der Waals surface area contributed by atoms with Gasteiger partial charge in [-0.15, -0.1) is 10.2 Å². The number of aromatic nitrogens is 5. The van der Waals surface area contributed by atoms with Crippen molar-refractivity contribution in [1.29, 1.82) is 0 Å². The molecular formula is C23H25N7O2. The van der Waals surface area contributed by atoms with Crippen LogP contribution >= 0.6 is 0 Å². The van der Waals surface area contributed by atoms with E-state index in [1.165, 1.54) is 0 Å². The topological polar surface area (TPSA) is 104 Å². The highest BCUT2D eigenvalue weighted by atomic mass is 16.4. The van der Waals surface area contributed by atoms with Gasteiger partial charge >= 0.3 is 0 Å². The molecule has 1 aliphatic heterocycles. The zero-order chi connectivity index (χ0) is 22.1. The van der Waals surface area contributed by atoms with Crippen LogP contribution in [0.3, 0.4) is 0 Å². The average molecular weight is 432 g/mol. The van der Waals surface area contributed by atoms with Gasteiger partial charge in [-0.2, -0.15) is 0 Å². The Hall–Kier alpha value is -3.59. The molecule has 1 N–H and O–H groups in total. The summed E-state index contributed by atoms with van der Waals surface area (Å²) in [7, 11) is 0. The average Bonchev–Trinajstić information content (AvgIpc) is 3.25. The first-order valence-electron chi connectivity index (χ1n) is 10.8. The third kappa shape index (κ3) is 4.11. The van der Waals surface area contributed by atoms with E-state index in [4.69, 9.17) is 4.42 Å². The van der Waals surface area contributed by atoms with E-state index in [0.29, 0.717) is 23.9 Å². The number of rotatable bonds is 5. The molecule has 5 heterocycles. The molecule has 9 nitrogen and oxygen atoms in total. The van der Waals surface area contributed by atoms with Crippen molar-refractivity contribution < 1.29 is 4.42 Å². The molecule has 0 amide bonds. The Morgan fingerprint density at radius 3 is 2.59 bits per heavy atom. The molecule has 164 valence electrons. The third-order valence-corrected chi connectivity index (χ3v) is 5.84. The van der Waals surface area contributed by atoms with Gasteiger partial charge in [0.15, 0.2) is 0 Å². The van der Waals surface area contributed by atoms with Gasteiger partial charge in [0, 0.05) is 51.4 Å². The van der Waals surface area contributed by atoms with E-state index in [9.17, 15) is 4.79 Å². The highest BCUT2D eigenvalue weighted by Gasteiger charge is 2.18. The molecule has 9 heteroatoms. The number of piperazine rings is 1. The van der Waals surface area contributed by atoms with Gasteiger partial charge in [-0.05, 0) is 36.2 Å². The number of aryl methyl sites for hydroxylation is 2. The number of anilines is 1. The van der Waals surface area contributed by atoms with Gasteiger partial charge in [0.2, 0.25) is 5.89 Å². The SMILES string of the molecule is CCc1cc2ncc(CN3CCN(c4ccc(-c5nnc(C)o5)nc4)CC3)cc2[nH]c1=O. The fraction of sp³-hybridized carbons (Fsp3) is 0.348. The highest BCUT2D eigenvalue weighted by Crippen LogP contribution is 2.21. The van der Waals surface area contributed by atoms with Crippen LogP contribution in [0.1, 0.15) is 23.9 Å². The number of aromatic amines is 1. The molecule has 0 radical (unpaired) electrons. The third-order valence-electron chi connectivity index (χ3n) is 5.84. The quantitative estimate of drug-likeness (QED) is 0.514. The van der Waals surface area contributed by atoms with Gasteiger partial charge in [-0.3, -0.25) is 14.7 Å². The Morgan fingerprint density at radius 2 is 1.91 bits per heavy atom. The molecule has 0 unspecified atom stereocenters. The van der Waals surface area contributed by atoms with E-state index < -0.39 is 0 Å². The van der Waals surface area contributed by atoms with Crippen molar-refractivity contribution >= 4 is 16.7 Å². The van der Waals surface area contributed by atoms with Crippen LogP contribution in [-0.2, 0) is 13.0 Å². The molecule has 5 rings (SSSR count). The van der Waals surface area contributed by atoms with Gasteiger partial charge in [-0.25, -0.2) is 4.98 Å². The maximum absolute atomic E-state index is 12.1. The van der Waals surface area contributed by atoms with Gasteiger partial charge in [0.25, 0.3) is 11.4 Å². The van der Waals surface area contributed by atoms with E-state index in [1.807, 2.05) is 43.6 Å². The highest BCUT2D eigenvalue weighted by molar-refractivity contribution is 5.74. The first-order chi connectivity index (χ1) is 15.6. The lowest BCUT2D eigenvalue weighted by Crippen LogP contribution is -2.46. The first-order valence-corrected chi connectivity index (χ1v) is 10.8. The van der Waals surface area contributed by atoms with Crippen molar-refractivity contribution in [3.8, 4) is 11.6 Å². The summed E-state index contributed by atoms with van der Waals surface area (Å²) in [5.41, 5.74) is 5.24. The second kappa shape index (κ2) is 8.51. The summed E-state index contributed by atoms with van der Waals surface area (Å²) in [6, 6.07) is 7.89. The number of hydrogen-bond acceptors (Lipinski definition) is 8. The lowest BCUT2D eigenvalue weighted by molar-refractivity contribution is 0.249. The molecule has 0 saturated carbocycles. The Labute approximate surface area is 185 Å². The summed E-state index contributed by atoms with van der Waals surface area (Å²) in [6.07, 6.45) is 4.47. The first kappa shape index (κ1) is 20.3. The molecule has 0 atom stereocenters. The van der Waals surface area contributed by atoms with Gasteiger partial charge in [-0.1, -0.05) is 6.92 Å². The van der Waals surface area contributed by atoms with Gasteiger partial charge in [0.1, 0.15) is 5.69 Å². The van der Waals surface area contributed by atoms with Crippen LogP contribution in [0.15, 0.2) is 45.9 Å². The molecule has 1 aliphatic rings. The second-order valence-electron chi connectivity index (χ2n) is 8.04. The van der Waals surface area contributed by atoms with Crippen LogP contribution in [0, 0.1) is 6.92 Å². The van der Waals surface area contributed by atoms with E-state index in [-0.39, 0.29) is 5.56 Å². The van der Waals surface area contributed by atoms with E-state index >= 15 is 0 Å². The maximum Gasteiger partial charge on any atom is 0.266 e. The Bertz CT molecular complexity index is 1290. The molecule has 0 aromatic carbocycles. The molecule has 32 heavy (non-hydrogen) atoms. The predicted molar refractivity (Wildman–Crippen MR) is 121 cm³/mol. The minimum absolute atomic E-state index is 0.0265. The van der Waals surface area contributed by atoms with Crippen molar-refractivity contribution in [1.82, 2.24) is 30.0 Å². The summed E-state index contributed by atoms with van der Waals surface area (Å²) < 4.78 is 5.44. The standard InChI is InChI=1S/C23H25N7O2/c1-3-17-11-20-21(26-22(17)31)10-16(12-24-20)14-29-6-8-30(9-7-29)18-4-5-19(25-13-18)23-28-27-15(2)32-23/h4-5,10-13H,3,6-9,14H2,1-2H3,(H,26,31). The van der Waals surface area contributed by atoms with Gasteiger partial charge in [0.05, 0.1) is 22.9 Å². The largest absolute Gasteiger partial charge is 0.420 e. The normalized spacial score (nSPS) is 14.9. The maximum atomic E-state index is 12.1. The Morgan fingerprint density at radius 1 is 1.06 bits per heavy atom. The summed E-state index contributed by atoms with van der Waals surface area (Å²) in [4.78, 5) is 28.9. The lowest BCUT2D eigenvalue weighted by Gasteiger charge is -2.36. The van der Waals surface area contributed by atoms with E-state index in [2.05, 4.69) is 34.9 Å². The fourth-order valence-corrected chi connectivity index (χ4v) is 4.04. The number of fused-ring (bicyclic) bond motifs is 1. The van der Waals surface area contributed by atoms with Crippen molar-refractivity contribution in [2.75, 3.05) is 31.1 Å². The summed E-state index contributed by atoms with van der Waals surface area (Å²) in [5.74, 6) is 0.968. The zero-order valence-electron chi connectivity index (χ0n) is 18.2. The summed E-state index contributed by atoms with van der Waals surface area (Å²) in [6.45, 7) is 8.25. The molecule has 4 aromatic rings. The number of nitrogens with zero attached hydrogens (tertiary/aromatic N) is 6. The van der Waals surface area contributed by atoms with Crippen molar-refractivity contribution in [2.45, 2.75) is 26.8 Å². The van der Waals surface area contributed by atoms with E-state index in [1.54, 1.807) is 6.92 Å². The lowest BCUT2D eigenvalue weighted by atomic mass is 10.1. The van der Waals surface area contributed by atoms with Crippen LogP contribution in [0.2, 0.25) is 0 Å². The van der Waals surface area contributed by atoms with Crippen molar-refractivity contribution in [3.63, 3.8) is 0 Å². The molecule has 1 saturated heterocycles. The van der Waals surface area contributed by atoms with E-state index in [0.717, 1.165) is 60.6 Å². The molecular weight excluding hydrogens is 406 g/mol. The molecule has 0 spiro atoms. The number of pyridine rings is 3. The van der Waals surface area contributed by atoms with Crippen LogP contribution in [0.4, 0.5) is 5.69 Å². The van der Waals surface area contributed by atoms with Crippen molar-refractivity contribution in [3.05, 3.63) is 64.0 Å². The zero-order valence-corrected chi connectivity index (χ0v) is 18.2. The Kier molecular flexibility index (Phi) is 5.40. The number of H-pyrrole nitrogens is 1. The van der Waals surface area contributed by atoms with Crippen LogP contribution < -0.4 is 10.5 Å². The van der Waals surface area contributed by atoms with Crippen molar-refractivity contribution in [2.24, 2.45) is 0 Å². The monoisotopic (exact) mass is 431 g/mol. The van der Waals surface area contributed by atoms with Crippen LogP contribution in [0.25, 0.3) is 22.6 Å². The van der Waals surface area contributed by atoms with Crippen LogP contribution in [0.5, 0.6) is 0 Å².